The Bertz CT molecular complexity index is 252. The zero-order valence-electron chi connectivity index (χ0n) is 9.45. The van der Waals surface area contributed by atoms with Crippen molar-refractivity contribution >= 4 is 0 Å². The van der Waals surface area contributed by atoms with E-state index in [1.165, 1.54) is 5.56 Å². The third-order valence-electron chi connectivity index (χ3n) is 1.82. The molecule has 0 aliphatic heterocycles. The highest BCUT2D eigenvalue weighted by Gasteiger charge is 2.04. The molecule has 14 heavy (non-hydrogen) atoms. The van der Waals surface area contributed by atoms with Crippen LogP contribution in [-0.4, -0.2) is 25.1 Å². The van der Waals surface area contributed by atoms with Crippen molar-refractivity contribution in [3.8, 4) is 5.75 Å². The molecule has 0 unspecified atom stereocenters. The van der Waals surface area contributed by atoms with Crippen LogP contribution >= 0.6 is 0 Å². The van der Waals surface area contributed by atoms with Gasteiger partial charge in [-0.2, -0.15) is 0 Å². The van der Waals surface area contributed by atoms with Crippen molar-refractivity contribution in [1.29, 1.82) is 0 Å². The summed E-state index contributed by atoms with van der Waals surface area (Å²) in [5.74, 6) is 0.996. The molecule has 1 rings (SSSR count). The Hall–Kier alpha value is -1.02. The van der Waals surface area contributed by atoms with Crippen LogP contribution in [0.1, 0.15) is 19.4 Å². The average Bonchev–Trinajstić information content (AvgIpc) is 2.06. The maximum Gasteiger partial charge on any atom is 0.124 e. The molecule has 0 amide bonds. The highest BCUT2D eigenvalue weighted by molar-refractivity contribution is 5.33. The molecular formula is C12H19NO. The van der Waals surface area contributed by atoms with Gasteiger partial charge in [-0.25, -0.2) is 0 Å². The first-order chi connectivity index (χ1) is 6.59. The Morgan fingerprint density at radius 2 is 1.86 bits per heavy atom. The quantitative estimate of drug-likeness (QED) is 0.728. The highest BCUT2D eigenvalue weighted by atomic mass is 16.5. The molecular weight excluding hydrogens is 174 g/mol. The highest BCUT2D eigenvalue weighted by Crippen LogP contribution is 2.20. The molecule has 0 aromatic heterocycles. The summed E-state index contributed by atoms with van der Waals surface area (Å²) < 4.78 is 5.72. The summed E-state index contributed by atoms with van der Waals surface area (Å²) in [6, 6.07) is 8.19. The minimum absolute atomic E-state index is 0.235. The van der Waals surface area contributed by atoms with Crippen molar-refractivity contribution in [3.05, 3.63) is 29.8 Å². The molecule has 0 bridgehead atoms. The van der Waals surface area contributed by atoms with Crippen LogP contribution in [0, 0.1) is 0 Å². The lowest BCUT2D eigenvalue weighted by Crippen LogP contribution is -2.13. The van der Waals surface area contributed by atoms with Gasteiger partial charge in [-0.1, -0.05) is 18.2 Å². The Morgan fingerprint density at radius 3 is 2.43 bits per heavy atom. The predicted molar refractivity (Wildman–Crippen MR) is 59.6 cm³/mol. The van der Waals surface area contributed by atoms with Crippen molar-refractivity contribution in [3.63, 3.8) is 0 Å². The number of hydrogen-bond donors (Lipinski definition) is 0. The van der Waals surface area contributed by atoms with Gasteiger partial charge in [0.1, 0.15) is 5.75 Å². The summed E-state index contributed by atoms with van der Waals surface area (Å²) in [7, 11) is 4.12. The van der Waals surface area contributed by atoms with E-state index >= 15 is 0 Å². The number of ether oxygens (including phenoxy) is 1. The van der Waals surface area contributed by atoms with Gasteiger partial charge in [-0.15, -0.1) is 0 Å². The van der Waals surface area contributed by atoms with Crippen LogP contribution in [0.15, 0.2) is 24.3 Å². The van der Waals surface area contributed by atoms with E-state index in [-0.39, 0.29) is 6.10 Å². The van der Waals surface area contributed by atoms with Crippen LogP contribution < -0.4 is 4.74 Å². The molecule has 2 nitrogen and oxygen atoms in total. The van der Waals surface area contributed by atoms with Gasteiger partial charge in [0.2, 0.25) is 0 Å². The van der Waals surface area contributed by atoms with Crippen molar-refractivity contribution in [2.45, 2.75) is 26.5 Å². The summed E-state index contributed by atoms with van der Waals surface area (Å²) in [6.07, 6.45) is 0.235. The lowest BCUT2D eigenvalue weighted by atomic mass is 10.2. The summed E-state index contributed by atoms with van der Waals surface area (Å²) in [5, 5.41) is 0. The molecule has 0 fully saturated rings. The summed E-state index contributed by atoms with van der Waals surface area (Å²) in [6.45, 7) is 5.02. The summed E-state index contributed by atoms with van der Waals surface area (Å²) >= 11 is 0. The molecule has 0 saturated heterocycles. The van der Waals surface area contributed by atoms with Gasteiger partial charge in [0.15, 0.2) is 0 Å². The number of rotatable bonds is 4. The largest absolute Gasteiger partial charge is 0.491 e. The van der Waals surface area contributed by atoms with Crippen LogP contribution in [0.2, 0.25) is 0 Å². The van der Waals surface area contributed by atoms with Crippen LogP contribution in [0.3, 0.4) is 0 Å². The second-order valence-electron chi connectivity index (χ2n) is 4.01. The van der Waals surface area contributed by atoms with Crippen molar-refractivity contribution < 1.29 is 4.74 Å². The van der Waals surface area contributed by atoms with Crippen LogP contribution in [0.4, 0.5) is 0 Å². The monoisotopic (exact) mass is 193 g/mol. The molecule has 0 atom stereocenters. The lowest BCUT2D eigenvalue weighted by molar-refractivity contribution is 0.236. The first-order valence-electron chi connectivity index (χ1n) is 4.99. The minimum atomic E-state index is 0.235. The van der Waals surface area contributed by atoms with Gasteiger partial charge in [-0.3, -0.25) is 0 Å². The van der Waals surface area contributed by atoms with E-state index in [1.807, 2.05) is 32.0 Å². The molecule has 0 saturated carbocycles. The maximum absolute atomic E-state index is 5.72. The van der Waals surface area contributed by atoms with Crippen LogP contribution in [-0.2, 0) is 6.54 Å². The number of nitrogens with zero attached hydrogens (tertiary/aromatic N) is 1. The average molecular weight is 193 g/mol. The second kappa shape index (κ2) is 5.01. The first kappa shape index (κ1) is 11.1. The number of hydrogen-bond acceptors (Lipinski definition) is 2. The fraction of sp³-hybridized carbons (Fsp3) is 0.500. The molecule has 1 aromatic rings. The molecule has 0 aliphatic carbocycles. The van der Waals surface area contributed by atoms with Crippen LogP contribution in [0.25, 0.3) is 0 Å². The predicted octanol–water partition coefficient (Wildman–Crippen LogP) is 2.54. The zero-order valence-corrected chi connectivity index (χ0v) is 9.45. The fourth-order valence-electron chi connectivity index (χ4n) is 1.34. The maximum atomic E-state index is 5.72. The molecule has 0 heterocycles. The number of benzene rings is 1. The van der Waals surface area contributed by atoms with E-state index in [1.54, 1.807) is 0 Å². The van der Waals surface area contributed by atoms with Crippen molar-refractivity contribution in [2.24, 2.45) is 0 Å². The van der Waals surface area contributed by atoms with E-state index in [0.29, 0.717) is 0 Å². The normalized spacial score (nSPS) is 11.0. The van der Waals surface area contributed by atoms with Gasteiger partial charge >= 0.3 is 0 Å². The van der Waals surface area contributed by atoms with Gasteiger partial charge in [0.05, 0.1) is 6.10 Å². The molecule has 78 valence electrons. The zero-order chi connectivity index (χ0) is 10.6. The Labute approximate surface area is 86.5 Å². The van der Waals surface area contributed by atoms with Gasteiger partial charge in [-0.05, 0) is 34.0 Å². The molecule has 0 radical (unpaired) electrons. The molecule has 1 aromatic carbocycles. The molecule has 0 aliphatic rings. The Morgan fingerprint density at radius 1 is 1.21 bits per heavy atom. The molecule has 0 N–H and O–H groups in total. The summed E-state index contributed by atoms with van der Waals surface area (Å²) in [4.78, 5) is 2.14. The molecule has 0 spiro atoms. The Kier molecular flexibility index (Phi) is 3.96. The van der Waals surface area contributed by atoms with E-state index in [0.717, 1.165) is 12.3 Å². The lowest BCUT2D eigenvalue weighted by Gasteiger charge is -2.16. The summed E-state index contributed by atoms with van der Waals surface area (Å²) in [5.41, 5.74) is 1.24. The first-order valence-corrected chi connectivity index (χ1v) is 4.99. The standard InChI is InChI=1S/C12H19NO/c1-10(2)14-12-8-6-5-7-11(12)9-13(3)4/h5-8,10H,9H2,1-4H3. The second-order valence-corrected chi connectivity index (χ2v) is 4.01. The van der Waals surface area contributed by atoms with Gasteiger partial charge in [0.25, 0.3) is 0 Å². The third-order valence-corrected chi connectivity index (χ3v) is 1.82. The third kappa shape index (κ3) is 3.38. The van der Waals surface area contributed by atoms with E-state index < -0.39 is 0 Å². The van der Waals surface area contributed by atoms with E-state index in [2.05, 4.69) is 25.1 Å². The smallest absolute Gasteiger partial charge is 0.124 e. The topological polar surface area (TPSA) is 12.5 Å². The van der Waals surface area contributed by atoms with E-state index in [9.17, 15) is 0 Å². The van der Waals surface area contributed by atoms with Gasteiger partial charge < -0.3 is 9.64 Å². The van der Waals surface area contributed by atoms with Crippen molar-refractivity contribution in [1.82, 2.24) is 4.90 Å². The molecule has 2 heteroatoms. The van der Waals surface area contributed by atoms with Crippen LogP contribution in [0.5, 0.6) is 5.75 Å². The fourth-order valence-corrected chi connectivity index (χ4v) is 1.34. The minimum Gasteiger partial charge on any atom is -0.491 e. The SMILES string of the molecule is CC(C)Oc1ccccc1CN(C)C. The number of para-hydroxylation sites is 1. The van der Waals surface area contributed by atoms with Gasteiger partial charge in [0, 0.05) is 12.1 Å². The van der Waals surface area contributed by atoms with Crippen molar-refractivity contribution in [2.75, 3.05) is 14.1 Å². The Balaban J connectivity index is 2.80. The van der Waals surface area contributed by atoms with E-state index in [4.69, 9.17) is 4.74 Å².